The number of nitrogens with one attached hydrogen (secondary N) is 1. The second-order valence-corrected chi connectivity index (χ2v) is 7.24. The lowest BCUT2D eigenvalue weighted by atomic mass is 10.2. The third kappa shape index (κ3) is 5.66. The second kappa shape index (κ2) is 8.59. The van der Waals surface area contributed by atoms with Crippen LogP contribution in [0.3, 0.4) is 0 Å². The number of rotatable bonds is 8. The van der Waals surface area contributed by atoms with Crippen molar-refractivity contribution in [2.45, 2.75) is 13.0 Å². The number of nitrogens with zero attached hydrogens (tertiary/aromatic N) is 2. The van der Waals surface area contributed by atoms with Gasteiger partial charge in [0.2, 0.25) is 0 Å². The van der Waals surface area contributed by atoms with Crippen LogP contribution in [0.2, 0.25) is 0 Å². The summed E-state index contributed by atoms with van der Waals surface area (Å²) in [5.41, 5.74) is 1.26. The first-order valence-corrected chi connectivity index (χ1v) is 9.07. The van der Waals surface area contributed by atoms with Crippen molar-refractivity contribution in [3.63, 3.8) is 0 Å². The lowest BCUT2D eigenvalue weighted by Gasteiger charge is -2.26. The SMILES string of the molecule is CN(CCCNS(=O)(=O)N1CCOCC1)Cc1ccccc1. The monoisotopic (exact) mass is 327 g/mol. The Labute approximate surface area is 133 Å². The lowest BCUT2D eigenvalue weighted by Crippen LogP contribution is -2.47. The van der Waals surface area contributed by atoms with E-state index in [1.54, 1.807) is 0 Å². The largest absolute Gasteiger partial charge is 0.379 e. The predicted octanol–water partition coefficient (Wildman–Crippen LogP) is 0.675. The first kappa shape index (κ1) is 17.4. The van der Waals surface area contributed by atoms with E-state index in [1.165, 1.54) is 9.87 Å². The molecule has 0 saturated carbocycles. The van der Waals surface area contributed by atoms with Gasteiger partial charge < -0.3 is 9.64 Å². The minimum Gasteiger partial charge on any atom is -0.379 e. The molecule has 0 unspecified atom stereocenters. The fourth-order valence-corrected chi connectivity index (χ4v) is 3.62. The van der Waals surface area contributed by atoms with E-state index >= 15 is 0 Å². The molecule has 7 heteroatoms. The maximum atomic E-state index is 12.1. The van der Waals surface area contributed by atoms with Crippen LogP contribution in [0, 0.1) is 0 Å². The van der Waals surface area contributed by atoms with Crippen molar-refractivity contribution < 1.29 is 13.2 Å². The maximum Gasteiger partial charge on any atom is 0.279 e. The zero-order valence-corrected chi connectivity index (χ0v) is 13.9. The average Bonchev–Trinajstić information content (AvgIpc) is 2.53. The molecule has 0 bridgehead atoms. The van der Waals surface area contributed by atoms with Crippen LogP contribution in [0.15, 0.2) is 30.3 Å². The van der Waals surface area contributed by atoms with Gasteiger partial charge in [0, 0.05) is 26.2 Å². The second-order valence-electron chi connectivity index (χ2n) is 5.49. The average molecular weight is 327 g/mol. The van der Waals surface area contributed by atoms with Crippen molar-refractivity contribution in [3.8, 4) is 0 Å². The van der Waals surface area contributed by atoms with Gasteiger partial charge in [-0.2, -0.15) is 12.7 Å². The molecule has 1 saturated heterocycles. The Kier molecular flexibility index (Phi) is 6.78. The molecule has 0 amide bonds. The third-order valence-electron chi connectivity index (χ3n) is 3.61. The van der Waals surface area contributed by atoms with Gasteiger partial charge >= 0.3 is 0 Å². The zero-order valence-electron chi connectivity index (χ0n) is 13.1. The summed E-state index contributed by atoms with van der Waals surface area (Å²) in [4.78, 5) is 2.19. The van der Waals surface area contributed by atoms with E-state index in [1.807, 2.05) is 25.2 Å². The minimum atomic E-state index is -3.36. The van der Waals surface area contributed by atoms with Gasteiger partial charge in [-0.3, -0.25) is 0 Å². The summed E-state index contributed by atoms with van der Waals surface area (Å²) >= 11 is 0. The van der Waals surface area contributed by atoms with Crippen molar-refractivity contribution in [1.82, 2.24) is 13.9 Å². The normalized spacial score (nSPS) is 17.0. The van der Waals surface area contributed by atoms with Gasteiger partial charge in [0.1, 0.15) is 0 Å². The molecule has 124 valence electrons. The Hall–Kier alpha value is -0.990. The molecular weight excluding hydrogens is 302 g/mol. The predicted molar refractivity (Wildman–Crippen MR) is 86.7 cm³/mol. The zero-order chi connectivity index (χ0) is 15.8. The van der Waals surface area contributed by atoms with Crippen molar-refractivity contribution >= 4 is 10.2 Å². The summed E-state index contributed by atoms with van der Waals surface area (Å²) in [5.74, 6) is 0. The van der Waals surface area contributed by atoms with Gasteiger partial charge in [-0.05, 0) is 25.6 Å². The van der Waals surface area contributed by atoms with Gasteiger partial charge in [0.05, 0.1) is 13.2 Å². The molecule has 1 fully saturated rings. The van der Waals surface area contributed by atoms with E-state index in [0.717, 1.165) is 19.5 Å². The van der Waals surface area contributed by atoms with Gasteiger partial charge in [-0.25, -0.2) is 4.72 Å². The lowest BCUT2D eigenvalue weighted by molar-refractivity contribution is 0.0725. The summed E-state index contributed by atoms with van der Waals surface area (Å²) < 4.78 is 33.4. The fourth-order valence-electron chi connectivity index (χ4n) is 2.40. The molecule has 1 heterocycles. The molecule has 2 rings (SSSR count). The Morgan fingerprint density at radius 1 is 1.23 bits per heavy atom. The minimum absolute atomic E-state index is 0.434. The highest BCUT2D eigenvalue weighted by atomic mass is 32.2. The smallest absolute Gasteiger partial charge is 0.279 e. The van der Waals surface area contributed by atoms with Crippen LogP contribution in [0.4, 0.5) is 0 Å². The number of hydrogen-bond acceptors (Lipinski definition) is 4. The molecule has 1 N–H and O–H groups in total. The standard InChI is InChI=1S/C15H25N3O3S/c1-17(14-15-6-3-2-4-7-15)9-5-8-16-22(19,20)18-10-12-21-13-11-18/h2-4,6-7,16H,5,8-14H2,1H3. The van der Waals surface area contributed by atoms with Crippen LogP contribution in [0.25, 0.3) is 0 Å². The molecular formula is C15H25N3O3S. The molecule has 0 aromatic heterocycles. The Morgan fingerprint density at radius 2 is 1.91 bits per heavy atom. The van der Waals surface area contributed by atoms with Gasteiger partial charge in [-0.15, -0.1) is 0 Å². The van der Waals surface area contributed by atoms with Gasteiger partial charge in [-0.1, -0.05) is 30.3 Å². The van der Waals surface area contributed by atoms with Crippen LogP contribution >= 0.6 is 0 Å². The first-order valence-electron chi connectivity index (χ1n) is 7.63. The summed E-state index contributed by atoms with van der Waals surface area (Å²) in [7, 11) is -1.31. The summed E-state index contributed by atoms with van der Waals surface area (Å²) in [6.07, 6.45) is 0.785. The number of hydrogen-bond donors (Lipinski definition) is 1. The fraction of sp³-hybridized carbons (Fsp3) is 0.600. The molecule has 0 spiro atoms. The number of morpholine rings is 1. The molecule has 0 radical (unpaired) electrons. The van der Waals surface area contributed by atoms with Crippen LogP contribution < -0.4 is 4.72 Å². The highest BCUT2D eigenvalue weighted by Gasteiger charge is 2.23. The van der Waals surface area contributed by atoms with Crippen LogP contribution in [-0.2, 0) is 21.5 Å². The molecule has 1 aromatic rings. The summed E-state index contributed by atoms with van der Waals surface area (Å²) in [6.45, 7) is 3.99. The van der Waals surface area contributed by atoms with Crippen LogP contribution in [0.5, 0.6) is 0 Å². The summed E-state index contributed by atoms with van der Waals surface area (Å²) in [6, 6.07) is 10.2. The molecule has 1 aliphatic rings. The molecule has 6 nitrogen and oxygen atoms in total. The van der Waals surface area contributed by atoms with Gasteiger partial charge in [0.25, 0.3) is 10.2 Å². The number of ether oxygens (including phenoxy) is 1. The quantitative estimate of drug-likeness (QED) is 0.713. The maximum absolute atomic E-state index is 12.1. The van der Waals surface area contributed by atoms with Crippen molar-refractivity contribution in [2.75, 3.05) is 46.4 Å². The topological polar surface area (TPSA) is 61.9 Å². The first-order chi connectivity index (χ1) is 10.6. The Bertz CT molecular complexity index is 530. The number of benzene rings is 1. The van der Waals surface area contributed by atoms with E-state index in [4.69, 9.17) is 4.74 Å². The van der Waals surface area contributed by atoms with E-state index in [-0.39, 0.29) is 0 Å². The Morgan fingerprint density at radius 3 is 2.59 bits per heavy atom. The van der Waals surface area contributed by atoms with Crippen molar-refractivity contribution in [1.29, 1.82) is 0 Å². The van der Waals surface area contributed by atoms with E-state index < -0.39 is 10.2 Å². The molecule has 0 aliphatic carbocycles. The molecule has 0 atom stereocenters. The Balaban J connectivity index is 1.65. The molecule has 1 aromatic carbocycles. The van der Waals surface area contributed by atoms with E-state index in [9.17, 15) is 8.42 Å². The van der Waals surface area contributed by atoms with Crippen molar-refractivity contribution in [2.24, 2.45) is 0 Å². The summed E-state index contributed by atoms with van der Waals surface area (Å²) in [5, 5.41) is 0. The highest BCUT2D eigenvalue weighted by Crippen LogP contribution is 2.04. The third-order valence-corrected chi connectivity index (χ3v) is 5.22. The highest BCUT2D eigenvalue weighted by molar-refractivity contribution is 7.87. The van der Waals surface area contributed by atoms with Crippen LogP contribution in [-0.4, -0.2) is 64.1 Å². The molecule has 22 heavy (non-hydrogen) atoms. The van der Waals surface area contributed by atoms with Crippen molar-refractivity contribution in [3.05, 3.63) is 35.9 Å². The van der Waals surface area contributed by atoms with E-state index in [0.29, 0.717) is 32.8 Å². The van der Waals surface area contributed by atoms with Crippen LogP contribution in [0.1, 0.15) is 12.0 Å². The van der Waals surface area contributed by atoms with Gasteiger partial charge in [0.15, 0.2) is 0 Å². The van der Waals surface area contributed by atoms with E-state index in [2.05, 4.69) is 21.8 Å². The molecule has 1 aliphatic heterocycles.